The van der Waals surface area contributed by atoms with Gasteiger partial charge in [-0.3, -0.25) is 10.00 Å². The average molecular weight is 373 g/mol. The van der Waals surface area contributed by atoms with Gasteiger partial charge in [0.15, 0.2) is 5.82 Å². The molecule has 0 unspecified atom stereocenters. The van der Waals surface area contributed by atoms with Crippen molar-refractivity contribution in [2.45, 2.75) is 20.0 Å². The molecule has 1 aliphatic rings. The molecule has 2 aromatic heterocycles. The summed E-state index contributed by atoms with van der Waals surface area (Å²) in [5, 5.41) is 15.4. The Bertz CT molecular complexity index is 724. The summed E-state index contributed by atoms with van der Waals surface area (Å²) in [4.78, 5) is 18.3. The van der Waals surface area contributed by atoms with Gasteiger partial charge < -0.3 is 10.0 Å². The molecule has 26 heavy (non-hydrogen) atoms. The minimum Gasteiger partial charge on any atom is -0.475 e. The second-order valence-electron chi connectivity index (χ2n) is 6.45. The number of carboxylic acids is 1. The highest BCUT2D eigenvalue weighted by Crippen LogP contribution is 2.22. The van der Waals surface area contributed by atoms with E-state index >= 15 is 0 Å². The maximum absolute atomic E-state index is 10.6. The zero-order valence-electron chi connectivity index (χ0n) is 14.6. The number of halogens is 3. The van der Waals surface area contributed by atoms with Crippen LogP contribution in [0.3, 0.4) is 0 Å². The van der Waals surface area contributed by atoms with Gasteiger partial charge in [-0.2, -0.15) is 18.3 Å². The number of hydrogen-bond donors (Lipinski definition) is 2. The number of aliphatic carboxylic acids is 1. The predicted octanol–water partition coefficient (Wildman–Crippen LogP) is 2.37. The standard InChI is InChI=1S/C14H21N5.C2HF3O2/c1-11(2)10-18-5-7-19(8-6-18)14-13-12(3-4-15-14)9-16-17-13;3-2(4,5)1(6)7/h3-4,9,11H,5-8,10H2,1-2H3,(H,16,17);(H,6,7). The van der Waals surface area contributed by atoms with Crippen LogP contribution in [0.5, 0.6) is 0 Å². The molecule has 0 amide bonds. The molecule has 3 heterocycles. The van der Waals surface area contributed by atoms with Crippen LogP contribution in [0.25, 0.3) is 10.9 Å². The van der Waals surface area contributed by atoms with Gasteiger partial charge in [-0.05, 0) is 12.0 Å². The third-order valence-corrected chi connectivity index (χ3v) is 3.88. The minimum absolute atomic E-state index is 0.737. The Balaban J connectivity index is 0.000000298. The Morgan fingerprint density at radius 2 is 1.92 bits per heavy atom. The van der Waals surface area contributed by atoms with Crippen LogP contribution < -0.4 is 4.90 Å². The summed E-state index contributed by atoms with van der Waals surface area (Å²) < 4.78 is 31.7. The third kappa shape index (κ3) is 5.32. The summed E-state index contributed by atoms with van der Waals surface area (Å²) in [5.74, 6) is -0.979. The van der Waals surface area contributed by atoms with Crippen molar-refractivity contribution in [3.63, 3.8) is 0 Å². The smallest absolute Gasteiger partial charge is 0.475 e. The van der Waals surface area contributed by atoms with Crippen LogP contribution in [0, 0.1) is 5.92 Å². The van der Waals surface area contributed by atoms with Gasteiger partial charge in [-0.1, -0.05) is 13.8 Å². The molecule has 0 spiro atoms. The van der Waals surface area contributed by atoms with Crippen LogP contribution in [0.2, 0.25) is 0 Å². The van der Waals surface area contributed by atoms with Gasteiger partial charge in [0, 0.05) is 44.3 Å². The zero-order valence-corrected chi connectivity index (χ0v) is 14.6. The molecule has 0 saturated carbocycles. The fourth-order valence-corrected chi connectivity index (χ4v) is 2.75. The Morgan fingerprint density at radius 3 is 2.46 bits per heavy atom. The SMILES string of the molecule is CC(C)CN1CCN(c2nccc3cn[nH]c23)CC1.O=C(O)C(F)(F)F. The first kappa shape index (κ1) is 20.0. The molecule has 2 aromatic rings. The number of fused-ring (bicyclic) bond motifs is 1. The molecule has 1 aliphatic heterocycles. The van der Waals surface area contributed by atoms with Gasteiger partial charge in [-0.25, -0.2) is 9.78 Å². The van der Waals surface area contributed by atoms with Crippen molar-refractivity contribution in [3.8, 4) is 0 Å². The number of pyridine rings is 1. The maximum atomic E-state index is 10.6. The lowest BCUT2D eigenvalue weighted by molar-refractivity contribution is -0.192. The molecule has 0 radical (unpaired) electrons. The Labute approximate surface area is 148 Å². The van der Waals surface area contributed by atoms with Crippen LogP contribution >= 0.6 is 0 Å². The molecule has 7 nitrogen and oxygen atoms in total. The van der Waals surface area contributed by atoms with E-state index in [0.29, 0.717) is 0 Å². The molecular formula is C16H22F3N5O2. The first-order valence-corrected chi connectivity index (χ1v) is 8.24. The molecular weight excluding hydrogens is 351 g/mol. The van der Waals surface area contributed by atoms with Gasteiger partial charge in [-0.15, -0.1) is 0 Å². The molecule has 2 N–H and O–H groups in total. The topological polar surface area (TPSA) is 85.4 Å². The summed E-state index contributed by atoms with van der Waals surface area (Å²) in [5.41, 5.74) is 1.06. The van der Waals surface area contributed by atoms with Crippen molar-refractivity contribution < 1.29 is 23.1 Å². The highest BCUT2D eigenvalue weighted by atomic mass is 19.4. The number of carboxylic acid groups (broad SMARTS) is 1. The minimum atomic E-state index is -5.08. The lowest BCUT2D eigenvalue weighted by Crippen LogP contribution is -2.47. The van der Waals surface area contributed by atoms with Gasteiger partial charge >= 0.3 is 12.1 Å². The Hall–Kier alpha value is -2.36. The molecule has 1 saturated heterocycles. The lowest BCUT2D eigenvalue weighted by Gasteiger charge is -2.36. The van der Waals surface area contributed by atoms with E-state index in [1.807, 2.05) is 18.5 Å². The maximum Gasteiger partial charge on any atom is 0.490 e. The first-order chi connectivity index (χ1) is 12.2. The number of nitrogens with zero attached hydrogens (tertiary/aromatic N) is 4. The summed E-state index contributed by atoms with van der Waals surface area (Å²) >= 11 is 0. The molecule has 10 heteroatoms. The largest absolute Gasteiger partial charge is 0.490 e. The third-order valence-electron chi connectivity index (χ3n) is 3.88. The second kappa shape index (κ2) is 8.35. The number of piperazine rings is 1. The number of nitrogens with one attached hydrogen (secondary N) is 1. The highest BCUT2D eigenvalue weighted by Gasteiger charge is 2.38. The number of carbonyl (C=O) groups is 1. The molecule has 0 bridgehead atoms. The van der Waals surface area contributed by atoms with Crippen LogP contribution in [0.1, 0.15) is 13.8 Å². The van der Waals surface area contributed by atoms with E-state index in [1.165, 1.54) is 6.54 Å². The number of rotatable bonds is 3. The van der Waals surface area contributed by atoms with Crippen LogP contribution in [0.15, 0.2) is 18.5 Å². The van der Waals surface area contributed by atoms with Gasteiger partial charge in [0.05, 0.1) is 6.20 Å². The Kier molecular flexibility index (Phi) is 6.41. The summed E-state index contributed by atoms with van der Waals surface area (Å²) in [6.45, 7) is 10.1. The number of aromatic nitrogens is 3. The fraction of sp³-hybridized carbons (Fsp3) is 0.562. The van der Waals surface area contributed by atoms with Crippen LogP contribution in [0.4, 0.5) is 19.0 Å². The van der Waals surface area contributed by atoms with Crippen molar-refractivity contribution >= 4 is 22.7 Å². The van der Waals surface area contributed by atoms with E-state index in [9.17, 15) is 13.2 Å². The van der Waals surface area contributed by atoms with E-state index in [0.717, 1.165) is 48.8 Å². The molecule has 0 aromatic carbocycles. The summed E-state index contributed by atoms with van der Waals surface area (Å²) in [6, 6.07) is 2.00. The van der Waals surface area contributed by atoms with Crippen molar-refractivity contribution in [1.82, 2.24) is 20.1 Å². The lowest BCUT2D eigenvalue weighted by atomic mass is 10.2. The van der Waals surface area contributed by atoms with E-state index in [4.69, 9.17) is 9.90 Å². The first-order valence-electron chi connectivity index (χ1n) is 8.24. The van der Waals surface area contributed by atoms with Crippen molar-refractivity contribution in [2.75, 3.05) is 37.6 Å². The van der Waals surface area contributed by atoms with E-state index in [-0.39, 0.29) is 0 Å². The van der Waals surface area contributed by atoms with Gasteiger partial charge in [0.2, 0.25) is 0 Å². The number of anilines is 1. The molecule has 0 aliphatic carbocycles. The summed E-state index contributed by atoms with van der Waals surface area (Å²) in [6.07, 6.45) is -1.36. The molecule has 0 atom stereocenters. The van der Waals surface area contributed by atoms with E-state index in [2.05, 4.69) is 38.8 Å². The van der Waals surface area contributed by atoms with Crippen LogP contribution in [-0.4, -0.2) is 70.1 Å². The van der Waals surface area contributed by atoms with Crippen molar-refractivity contribution in [3.05, 3.63) is 18.5 Å². The van der Waals surface area contributed by atoms with Crippen LogP contribution in [-0.2, 0) is 4.79 Å². The van der Waals surface area contributed by atoms with Gasteiger partial charge in [0.1, 0.15) is 5.52 Å². The number of H-pyrrole nitrogens is 1. The fourth-order valence-electron chi connectivity index (χ4n) is 2.75. The quantitative estimate of drug-likeness (QED) is 0.859. The second-order valence-corrected chi connectivity index (χ2v) is 6.45. The molecule has 1 fully saturated rings. The normalized spacial score (nSPS) is 15.8. The predicted molar refractivity (Wildman–Crippen MR) is 91.1 cm³/mol. The Morgan fingerprint density at radius 1 is 1.31 bits per heavy atom. The van der Waals surface area contributed by atoms with Gasteiger partial charge in [0.25, 0.3) is 0 Å². The highest BCUT2D eigenvalue weighted by molar-refractivity contribution is 5.88. The number of aromatic amines is 1. The zero-order chi connectivity index (χ0) is 19.3. The average Bonchev–Trinajstić information content (AvgIpc) is 3.03. The van der Waals surface area contributed by atoms with E-state index in [1.54, 1.807) is 0 Å². The number of hydrogen-bond acceptors (Lipinski definition) is 5. The molecule has 3 rings (SSSR count). The van der Waals surface area contributed by atoms with Crippen molar-refractivity contribution in [2.24, 2.45) is 5.92 Å². The number of alkyl halides is 3. The molecule has 144 valence electrons. The monoisotopic (exact) mass is 373 g/mol. The van der Waals surface area contributed by atoms with E-state index < -0.39 is 12.1 Å². The summed E-state index contributed by atoms with van der Waals surface area (Å²) in [7, 11) is 0. The van der Waals surface area contributed by atoms with Crippen molar-refractivity contribution in [1.29, 1.82) is 0 Å².